The van der Waals surface area contributed by atoms with Crippen molar-refractivity contribution in [3.05, 3.63) is 34.2 Å². The van der Waals surface area contributed by atoms with Gasteiger partial charge in [-0.25, -0.2) is 4.98 Å². The molecule has 2 rings (SSSR count). The molecule has 0 aliphatic rings. The second kappa shape index (κ2) is 4.78. The zero-order valence-corrected chi connectivity index (χ0v) is 11.0. The Morgan fingerprint density at radius 1 is 1.39 bits per heavy atom. The Labute approximate surface area is 109 Å². The Morgan fingerprint density at radius 2 is 2.11 bits per heavy atom. The van der Waals surface area contributed by atoms with Crippen LogP contribution in [0, 0.1) is 13.8 Å². The van der Waals surface area contributed by atoms with Gasteiger partial charge in [0, 0.05) is 10.4 Å². The first kappa shape index (κ1) is 12.6. The van der Waals surface area contributed by atoms with Gasteiger partial charge >= 0.3 is 5.97 Å². The number of nitrogens with two attached hydrogens (primary N) is 1. The molecule has 0 unspecified atom stereocenters. The predicted molar refractivity (Wildman–Crippen MR) is 72.8 cm³/mol. The summed E-state index contributed by atoms with van der Waals surface area (Å²) < 4.78 is 0. The molecule has 0 amide bonds. The van der Waals surface area contributed by atoms with Crippen molar-refractivity contribution in [2.45, 2.75) is 20.3 Å². The van der Waals surface area contributed by atoms with E-state index < -0.39 is 5.97 Å². The summed E-state index contributed by atoms with van der Waals surface area (Å²) in [5.41, 5.74) is 9.63. The van der Waals surface area contributed by atoms with Crippen LogP contribution in [0.5, 0.6) is 0 Å². The molecular formula is C13H14N2O2S. The topological polar surface area (TPSA) is 76.2 Å². The van der Waals surface area contributed by atoms with Crippen LogP contribution in [0.25, 0.3) is 11.3 Å². The number of hydrogen-bond acceptors (Lipinski definition) is 4. The first-order chi connectivity index (χ1) is 8.47. The summed E-state index contributed by atoms with van der Waals surface area (Å²) >= 11 is 1.23. The number of nitrogen functional groups attached to an aromatic ring is 1. The smallest absolute Gasteiger partial charge is 0.308 e. The summed E-state index contributed by atoms with van der Waals surface area (Å²) in [5, 5.41) is 9.29. The van der Waals surface area contributed by atoms with Crippen molar-refractivity contribution in [3.8, 4) is 11.3 Å². The maximum Gasteiger partial charge on any atom is 0.308 e. The summed E-state index contributed by atoms with van der Waals surface area (Å²) in [4.78, 5) is 15.8. The zero-order chi connectivity index (χ0) is 13.3. The molecule has 4 nitrogen and oxygen atoms in total. The van der Waals surface area contributed by atoms with Crippen molar-refractivity contribution in [2.24, 2.45) is 0 Å². The highest BCUT2D eigenvalue weighted by molar-refractivity contribution is 7.15. The number of aromatic nitrogens is 1. The van der Waals surface area contributed by atoms with Gasteiger partial charge in [-0.05, 0) is 31.0 Å². The lowest BCUT2D eigenvalue weighted by Crippen LogP contribution is -1.99. The SMILES string of the molecule is Cc1ccc(-c2nc(N)sc2CC(=O)O)cc1C. The van der Waals surface area contributed by atoms with Gasteiger partial charge in [0.05, 0.1) is 12.1 Å². The van der Waals surface area contributed by atoms with Crippen LogP contribution in [0.4, 0.5) is 5.13 Å². The molecule has 1 aromatic heterocycles. The maximum atomic E-state index is 10.8. The third kappa shape index (κ3) is 2.51. The predicted octanol–water partition coefficient (Wildman–Crippen LogP) is 2.64. The third-order valence-corrected chi connectivity index (χ3v) is 3.69. The molecule has 2 aromatic rings. The highest BCUT2D eigenvalue weighted by Gasteiger charge is 2.14. The number of aliphatic carboxylic acids is 1. The Morgan fingerprint density at radius 3 is 2.72 bits per heavy atom. The minimum Gasteiger partial charge on any atom is -0.481 e. The molecule has 0 fully saturated rings. The fourth-order valence-electron chi connectivity index (χ4n) is 1.74. The molecule has 0 radical (unpaired) electrons. The van der Waals surface area contributed by atoms with E-state index in [-0.39, 0.29) is 6.42 Å². The van der Waals surface area contributed by atoms with Gasteiger partial charge in [0.25, 0.3) is 0 Å². The molecule has 18 heavy (non-hydrogen) atoms. The van der Waals surface area contributed by atoms with E-state index in [9.17, 15) is 4.79 Å². The quantitative estimate of drug-likeness (QED) is 0.891. The average molecular weight is 262 g/mol. The van der Waals surface area contributed by atoms with Gasteiger partial charge < -0.3 is 10.8 Å². The molecule has 94 valence electrons. The van der Waals surface area contributed by atoms with Crippen LogP contribution in [0.2, 0.25) is 0 Å². The van der Waals surface area contributed by atoms with Gasteiger partial charge in [-0.15, -0.1) is 11.3 Å². The van der Waals surface area contributed by atoms with E-state index >= 15 is 0 Å². The minimum absolute atomic E-state index is 0.0445. The van der Waals surface area contributed by atoms with Crippen molar-refractivity contribution in [2.75, 3.05) is 5.73 Å². The van der Waals surface area contributed by atoms with E-state index in [1.165, 1.54) is 16.9 Å². The number of thiazole rings is 1. The van der Waals surface area contributed by atoms with Crippen LogP contribution >= 0.6 is 11.3 Å². The number of benzene rings is 1. The number of carboxylic acid groups (broad SMARTS) is 1. The highest BCUT2D eigenvalue weighted by Crippen LogP contribution is 2.31. The van der Waals surface area contributed by atoms with Gasteiger partial charge in [0.2, 0.25) is 0 Å². The summed E-state index contributed by atoms with van der Waals surface area (Å²) in [6, 6.07) is 5.96. The van der Waals surface area contributed by atoms with Crippen LogP contribution in [-0.2, 0) is 11.2 Å². The van der Waals surface area contributed by atoms with E-state index in [2.05, 4.69) is 4.98 Å². The standard InChI is InChI=1S/C13H14N2O2S/c1-7-3-4-9(5-8(7)2)12-10(6-11(16)17)18-13(14)15-12/h3-5H,6H2,1-2H3,(H2,14,15)(H,16,17). The van der Waals surface area contributed by atoms with Crippen molar-refractivity contribution in [1.82, 2.24) is 4.98 Å². The molecule has 0 saturated carbocycles. The molecule has 5 heteroatoms. The van der Waals surface area contributed by atoms with Crippen LogP contribution in [0.1, 0.15) is 16.0 Å². The molecular weight excluding hydrogens is 248 g/mol. The summed E-state index contributed by atoms with van der Waals surface area (Å²) in [5.74, 6) is -0.872. The van der Waals surface area contributed by atoms with Gasteiger partial charge in [-0.1, -0.05) is 12.1 Å². The molecule has 0 bridgehead atoms. The lowest BCUT2D eigenvalue weighted by Gasteiger charge is -2.04. The molecule has 1 aromatic carbocycles. The van der Waals surface area contributed by atoms with Crippen LogP contribution in [0.15, 0.2) is 18.2 Å². The fraction of sp³-hybridized carbons (Fsp3) is 0.231. The zero-order valence-electron chi connectivity index (χ0n) is 10.2. The molecule has 0 saturated heterocycles. The first-order valence-corrected chi connectivity index (χ1v) is 6.33. The Bertz CT molecular complexity index is 605. The van der Waals surface area contributed by atoms with Gasteiger partial charge in [0.1, 0.15) is 0 Å². The molecule has 0 aliphatic heterocycles. The number of anilines is 1. The number of aryl methyl sites for hydroxylation is 2. The Balaban J connectivity index is 2.49. The van der Waals surface area contributed by atoms with E-state index in [4.69, 9.17) is 10.8 Å². The van der Waals surface area contributed by atoms with E-state index in [0.29, 0.717) is 15.7 Å². The van der Waals surface area contributed by atoms with Crippen molar-refractivity contribution >= 4 is 22.4 Å². The summed E-state index contributed by atoms with van der Waals surface area (Å²) in [6.07, 6.45) is -0.0445. The fourth-order valence-corrected chi connectivity index (χ4v) is 2.59. The van der Waals surface area contributed by atoms with Gasteiger partial charge in [-0.3, -0.25) is 4.79 Å². The monoisotopic (exact) mass is 262 g/mol. The summed E-state index contributed by atoms with van der Waals surface area (Å²) in [7, 11) is 0. The molecule has 0 spiro atoms. The van der Waals surface area contributed by atoms with Crippen LogP contribution in [-0.4, -0.2) is 16.1 Å². The third-order valence-electron chi connectivity index (χ3n) is 2.81. The average Bonchev–Trinajstić information content (AvgIpc) is 2.62. The van der Waals surface area contributed by atoms with Crippen molar-refractivity contribution < 1.29 is 9.90 Å². The molecule has 0 aliphatic carbocycles. The number of carboxylic acids is 1. The second-order valence-corrected chi connectivity index (χ2v) is 5.31. The van der Waals surface area contributed by atoms with Crippen molar-refractivity contribution in [3.63, 3.8) is 0 Å². The van der Waals surface area contributed by atoms with Gasteiger partial charge in [0.15, 0.2) is 5.13 Å². The van der Waals surface area contributed by atoms with Crippen LogP contribution < -0.4 is 5.73 Å². The number of hydrogen-bond donors (Lipinski definition) is 2. The lowest BCUT2D eigenvalue weighted by molar-refractivity contribution is -0.136. The van der Waals surface area contributed by atoms with E-state index in [1.54, 1.807) is 0 Å². The lowest BCUT2D eigenvalue weighted by atomic mass is 10.0. The number of nitrogens with zero attached hydrogens (tertiary/aromatic N) is 1. The highest BCUT2D eigenvalue weighted by atomic mass is 32.1. The first-order valence-electron chi connectivity index (χ1n) is 5.52. The number of carbonyl (C=O) groups is 1. The van der Waals surface area contributed by atoms with Crippen molar-refractivity contribution in [1.29, 1.82) is 0 Å². The molecule has 1 heterocycles. The molecule has 3 N–H and O–H groups in total. The van der Waals surface area contributed by atoms with Gasteiger partial charge in [-0.2, -0.15) is 0 Å². The maximum absolute atomic E-state index is 10.8. The summed E-state index contributed by atoms with van der Waals surface area (Å²) in [6.45, 7) is 4.05. The van der Waals surface area contributed by atoms with E-state index in [1.807, 2.05) is 32.0 Å². The number of rotatable bonds is 3. The molecule has 0 atom stereocenters. The Hall–Kier alpha value is -1.88. The largest absolute Gasteiger partial charge is 0.481 e. The van der Waals surface area contributed by atoms with Crippen LogP contribution in [0.3, 0.4) is 0 Å². The minimum atomic E-state index is -0.872. The normalized spacial score (nSPS) is 10.6. The Kier molecular flexibility index (Phi) is 3.34. The van der Waals surface area contributed by atoms with E-state index in [0.717, 1.165) is 11.1 Å². The second-order valence-electron chi connectivity index (χ2n) is 4.19.